The van der Waals surface area contributed by atoms with Gasteiger partial charge in [-0.1, -0.05) is 54.6 Å². The van der Waals surface area contributed by atoms with E-state index in [0.717, 1.165) is 52.3 Å². The number of allylic oxidation sites excluding steroid dienone is 1. The van der Waals surface area contributed by atoms with Crippen LogP contribution in [0.4, 0.5) is 0 Å². The minimum Gasteiger partial charge on any atom is -0.493 e. The third-order valence-corrected chi connectivity index (χ3v) is 5.77. The first-order valence-electron chi connectivity index (χ1n) is 12.0. The van der Waals surface area contributed by atoms with Gasteiger partial charge in [-0.25, -0.2) is 4.98 Å². The van der Waals surface area contributed by atoms with E-state index in [1.165, 1.54) is 0 Å². The Morgan fingerprint density at radius 2 is 1.86 bits per heavy atom. The number of rotatable bonds is 12. The Morgan fingerprint density at radius 3 is 2.67 bits per heavy atom. The molecule has 6 heteroatoms. The summed E-state index contributed by atoms with van der Waals surface area (Å²) < 4.78 is 13.7. The molecule has 0 bridgehead atoms. The Kier molecular flexibility index (Phi) is 8.54. The van der Waals surface area contributed by atoms with Gasteiger partial charge in [0.2, 0.25) is 5.91 Å². The molecule has 36 heavy (non-hydrogen) atoms. The third kappa shape index (κ3) is 6.42. The Balaban J connectivity index is 1.38. The molecule has 1 heterocycles. The van der Waals surface area contributed by atoms with Crippen molar-refractivity contribution in [2.75, 3.05) is 13.7 Å². The molecule has 0 aliphatic heterocycles. The van der Waals surface area contributed by atoms with Crippen LogP contribution < -0.4 is 14.8 Å². The van der Waals surface area contributed by atoms with Crippen LogP contribution in [0.5, 0.6) is 11.5 Å². The van der Waals surface area contributed by atoms with Gasteiger partial charge >= 0.3 is 0 Å². The summed E-state index contributed by atoms with van der Waals surface area (Å²) in [7, 11) is 1.65. The smallest absolute Gasteiger partial charge is 0.244 e. The van der Waals surface area contributed by atoms with E-state index in [0.29, 0.717) is 19.7 Å². The highest BCUT2D eigenvalue weighted by Gasteiger charge is 2.12. The van der Waals surface area contributed by atoms with Crippen LogP contribution in [0.15, 0.2) is 91.5 Å². The Hall–Kier alpha value is -4.32. The number of carbonyl (C=O) groups is 1. The maximum absolute atomic E-state index is 12.4. The number of hydrogen-bond acceptors (Lipinski definition) is 4. The van der Waals surface area contributed by atoms with E-state index < -0.39 is 0 Å². The first-order valence-corrected chi connectivity index (χ1v) is 12.0. The van der Waals surface area contributed by atoms with Crippen molar-refractivity contribution in [2.24, 2.45) is 0 Å². The molecule has 6 nitrogen and oxygen atoms in total. The number of para-hydroxylation sites is 2. The molecule has 4 aromatic rings. The van der Waals surface area contributed by atoms with Crippen LogP contribution in [-0.4, -0.2) is 29.2 Å². The SMILES string of the molecule is C=CCc1ccc(OCCCn2c(CNC(=O)/C=C\c3ccccc3)nc3ccccc32)c(OC)c1. The van der Waals surface area contributed by atoms with Crippen molar-refractivity contribution in [3.8, 4) is 11.5 Å². The van der Waals surface area contributed by atoms with E-state index in [2.05, 4.69) is 16.5 Å². The fourth-order valence-electron chi connectivity index (χ4n) is 4.00. The largest absolute Gasteiger partial charge is 0.493 e. The summed E-state index contributed by atoms with van der Waals surface area (Å²) in [4.78, 5) is 17.1. The number of benzene rings is 3. The molecule has 184 valence electrons. The molecule has 0 aliphatic rings. The summed E-state index contributed by atoms with van der Waals surface area (Å²) in [5.41, 5.74) is 4.05. The topological polar surface area (TPSA) is 65.4 Å². The molecular weight excluding hydrogens is 450 g/mol. The summed E-state index contributed by atoms with van der Waals surface area (Å²) in [5.74, 6) is 2.09. The minimum absolute atomic E-state index is 0.159. The fourth-order valence-corrected chi connectivity index (χ4v) is 4.00. The van der Waals surface area contributed by atoms with E-state index in [9.17, 15) is 4.79 Å². The molecule has 0 saturated carbocycles. The zero-order valence-corrected chi connectivity index (χ0v) is 20.5. The number of carbonyl (C=O) groups excluding carboxylic acids is 1. The lowest BCUT2D eigenvalue weighted by atomic mass is 10.1. The second-order valence-electron chi connectivity index (χ2n) is 8.31. The number of ether oxygens (including phenoxy) is 2. The van der Waals surface area contributed by atoms with Gasteiger partial charge in [0, 0.05) is 12.6 Å². The van der Waals surface area contributed by atoms with Crippen LogP contribution in [0.2, 0.25) is 0 Å². The zero-order valence-electron chi connectivity index (χ0n) is 20.5. The summed E-state index contributed by atoms with van der Waals surface area (Å²) in [5, 5.41) is 2.95. The third-order valence-electron chi connectivity index (χ3n) is 5.77. The second kappa shape index (κ2) is 12.4. The van der Waals surface area contributed by atoms with Crippen LogP contribution in [0.3, 0.4) is 0 Å². The highest BCUT2D eigenvalue weighted by Crippen LogP contribution is 2.28. The number of methoxy groups -OCH3 is 1. The summed E-state index contributed by atoms with van der Waals surface area (Å²) in [6.45, 7) is 5.36. The number of imidazole rings is 1. The molecule has 0 fully saturated rings. The highest BCUT2D eigenvalue weighted by atomic mass is 16.5. The first-order chi connectivity index (χ1) is 17.7. The average Bonchev–Trinajstić information content (AvgIpc) is 3.27. The quantitative estimate of drug-likeness (QED) is 0.163. The number of amides is 1. The first kappa shape index (κ1) is 24.8. The van der Waals surface area contributed by atoms with Crippen molar-refractivity contribution in [1.82, 2.24) is 14.9 Å². The van der Waals surface area contributed by atoms with Crippen molar-refractivity contribution < 1.29 is 14.3 Å². The lowest BCUT2D eigenvalue weighted by Crippen LogP contribution is -2.23. The minimum atomic E-state index is -0.159. The molecule has 0 atom stereocenters. The fraction of sp³-hybridized carbons (Fsp3) is 0.200. The van der Waals surface area contributed by atoms with Gasteiger partial charge < -0.3 is 19.4 Å². The number of aromatic nitrogens is 2. The van der Waals surface area contributed by atoms with Crippen molar-refractivity contribution in [3.05, 3.63) is 108 Å². The Labute approximate surface area is 211 Å². The van der Waals surface area contributed by atoms with E-state index in [1.807, 2.05) is 78.9 Å². The van der Waals surface area contributed by atoms with Gasteiger partial charge in [-0.15, -0.1) is 6.58 Å². The van der Waals surface area contributed by atoms with Gasteiger partial charge in [-0.3, -0.25) is 4.79 Å². The van der Waals surface area contributed by atoms with E-state index >= 15 is 0 Å². The van der Waals surface area contributed by atoms with Crippen molar-refractivity contribution in [3.63, 3.8) is 0 Å². The van der Waals surface area contributed by atoms with Crippen molar-refractivity contribution in [2.45, 2.75) is 25.9 Å². The summed E-state index contributed by atoms with van der Waals surface area (Å²) >= 11 is 0. The maximum atomic E-state index is 12.4. The predicted molar refractivity (Wildman–Crippen MR) is 144 cm³/mol. The molecule has 1 N–H and O–H groups in total. The maximum Gasteiger partial charge on any atom is 0.244 e. The summed E-state index contributed by atoms with van der Waals surface area (Å²) in [6, 6.07) is 23.7. The Morgan fingerprint density at radius 1 is 1.06 bits per heavy atom. The van der Waals surface area contributed by atoms with Crippen molar-refractivity contribution >= 4 is 23.0 Å². The van der Waals surface area contributed by atoms with Crippen LogP contribution >= 0.6 is 0 Å². The molecule has 0 saturated heterocycles. The number of nitrogens with one attached hydrogen (secondary N) is 1. The van der Waals surface area contributed by atoms with Crippen LogP contribution in [-0.2, 0) is 24.3 Å². The molecule has 0 aliphatic carbocycles. The summed E-state index contributed by atoms with van der Waals surface area (Å²) in [6.07, 6.45) is 6.76. The molecule has 1 amide bonds. The van der Waals surface area contributed by atoms with Gasteiger partial charge in [-0.2, -0.15) is 0 Å². The lowest BCUT2D eigenvalue weighted by Gasteiger charge is -2.13. The van der Waals surface area contributed by atoms with E-state index in [-0.39, 0.29) is 5.91 Å². The highest BCUT2D eigenvalue weighted by molar-refractivity contribution is 5.91. The van der Waals surface area contributed by atoms with E-state index in [4.69, 9.17) is 14.5 Å². The van der Waals surface area contributed by atoms with Crippen LogP contribution in [0.25, 0.3) is 17.1 Å². The van der Waals surface area contributed by atoms with Crippen LogP contribution in [0.1, 0.15) is 23.4 Å². The number of nitrogens with zero attached hydrogens (tertiary/aromatic N) is 2. The van der Waals surface area contributed by atoms with Crippen molar-refractivity contribution in [1.29, 1.82) is 0 Å². The molecule has 0 radical (unpaired) electrons. The molecule has 3 aromatic carbocycles. The predicted octanol–water partition coefficient (Wildman–Crippen LogP) is 5.57. The molecule has 1 aromatic heterocycles. The second-order valence-corrected chi connectivity index (χ2v) is 8.31. The number of hydrogen-bond donors (Lipinski definition) is 1. The van der Waals surface area contributed by atoms with Gasteiger partial charge in [0.05, 0.1) is 31.3 Å². The Bertz CT molecular complexity index is 1340. The molecule has 0 spiro atoms. The lowest BCUT2D eigenvalue weighted by molar-refractivity contribution is -0.116. The zero-order chi connectivity index (χ0) is 25.2. The van der Waals surface area contributed by atoms with Gasteiger partial charge in [0.25, 0.3) is 0 Å². The van der Waals surface area contributed by atoms with E-state index in [1.54, 1.807) is 19.3 Å². The number of aryl methyl sites for hydroxylation is 1. The molecule has 4 rings (SSSR count). The van der Waals surface area contributed by atoms with Gasteiger partial charge in [0.1, 0.15) is 5.82 Å². The van der Waals surface area contributed by atoms with Gasteiger partial charge in [0.15, 0.2) is 11.5 Å². The van der Waals surface area contributed by atoms with Gasteiger partial charge in [-0.05, 0) is 54.3 Å². The molecule has 0 unspecified atom stereocenters. The molecular formula is C30H31N3O3. The number of fused-ring (bicyclic) bond motifs is 1. The van der Waals surface area contributed by atoms with Crippen LogP contribution in [0, 0.1) is 0 Å². The monoisotopic (exact) mass is 481 g/mol. The average molecular weight is 482 g/mol. The normalized spacial score (nSPS) is 11.0. The standard InChI is InChI=1S/C30H31N3O3/c1-3-10-24-15-17-27(28(21-24)35-2)36-20-9-19-33-26-14-8-7-13-25(26)32-29(33)22-31-30(34)18-16-23-11-5-4-6-12-23/h3-8,11-18,21H,1,9-10,19-20,22H2,2H3,(H,31,34)/b18-16-.